The van der Waals surface area contributed by atoms with Gasteiger partial charge >= 0.3 is 0 Å². The molecular weight excluding hydrogens is 352 g/mol. The average Bonchev–Trinajstić information content (AvgIpc) is 2.68. The Morgan fingerprint density at radius 2 is 1.86 bits per heavy atom. The van der Waals surface area contributed by atoms with Gasteiger partial charge in [-0.1, -0.05) is 18.2 Å². The highest BCUT2D eigenvalue weighted by molar-refractivity contribution is 6.05. The molecule has 2 aromatic carbocycles. The van der Waals surface area contributed by atoms with Gasteiger partial charge in [-0.3, -0.25) is 9.59 Å². The summed E-state index contributed by atoms with van der Waals surface area (Å²) < 4.78 is 0. The Labute approximate surface area is 165 Å². The van der Waals surface area contributed by atoms with Gasteiger partial charge < -0.3 is 20.4 Å². The number of hydrogen-bond donors (Lipinski definition) is 2. The van der Waals surface area contributed by atoms with Crippen LogP contribution in [0.2, 0.25) is 0 Å². The number of rotatable bonds is 3. The highest BCUT2D eigenvalue weighted by Crippen LogP contribution is 2.33. The van der Waals surface area contributed by atoms with E-state index in [2.05, 4.69) is 40.5 Å². The minimum atomic E-state index is -0.470. The van der Waals surface area contributed by atoms with E-state index in [1.165, 1.54) is 5.69 Å². The van der Waals surface area contributed by atoms with Crippen LogP contribution < -0.4 is 15.5 Å². The fraction of sp³-hybridized carbons (Fsp3) is 0.364. The van der Waals surface area contributed by atoms with E-state index in [4.69, 9.17) is 0 Å². The standard InChI is InChI=1S/C22H26N4O2/c1-15-13-16(7-8-20(15)26-11-9-25(2)10-12-26)23-22(28)18-14-21(27)24-19-6-4-3-5-17(18)19/h3-8,13,18H,9-12,14H2,1-2H3,(H,23,28)(H,24,27). The third-order valence-electron chi connectivity index (χ3n) is 5.62. The highest BCUT2D eigenvalue weighted by atomic mass is 16.2. The summed E-state index contributed by atoms with van der Waals surface area (Å²) in [5.41, 5.74) is 4.72. The van der Waals surface area contributed by atoms with Crippen molar-refractivity contribution < 1.29 is 9.59 Å². The zero-order valence-corrected chi connectivity index (χ0v) is 16.4. The summed E-state index contributed by atoms with van der Waals surface area (Å²) in [5, 5.41) is 5.84. The van der Waals surface area contributed by atoms with E-state index in [-0.39, 0.29) is 18.2 Å². The molecule has 4 rings (SSSR count). The SMILES string of the molecule is Cc1cc(NC(=O)C2CC(=O)Nc3ccccc32)ccc1N1CCN(C)CC1. The molecule has 0 bridgehead atoms. The van der Waals surface area contributed by atoms with Crippen LogP contribution in [0, 0.1) is 6.92 Å². The van der Waals surface area contributed by atoms with Gasteiger partial charge in [0.15, 0.2) is 0 Å². The van der Waals surface area contributed by atoms with Crippen molar-refractivity contribution in [2.24, 2.45) is 0 Å². The first kappa shape index (κ1) is 18.5. The molecule has 2 aliphatic rings. The van der Waals surface area contributed by atoms with E-state index in [1.807, 2.05) is 36.4 Å². The van der Waals surface area contributed by atoms with E-state index in [1.54, 1.807) is 0 Å². The summed E-state index contributed by atoms with van der Waals surface area (Å²) >= 11 is 0. The van der Waals surface area contributed by atoms with Crippen LogP contribution in [0.5, 0.6) is 0 Å². The predicted molar refractivity (Wildman–Crippen MR) is 112 cm³/mol. The lowest BCUT2D eigenvalue weighted by Crippen LogP contribution is -2.44. The summed E-state index contributed by atoms with van der Waals surface area (Å²) in [4.78, 5) is 29.6. The van der Waals surface area contributed by atoms with Crippen LogP contribution in [-0.4, -0.2) is 49.9 Å². The molecule has 0 aliphatic carbocycles. The second kappa shape index (κ2) is 7.64. The summed E-state index contributed by atoms with van der Waals surface area (Å²) in [5.74, 6) is -0.739. The Morgan fingerprint density at radius 1 is 1.11 bits per heavy atom. The number of fused-ring (bicyclic) bond motifs is 1. The number of amides is 2. The fourth-order valence-electron chi connectivity index (χ4n) is 4.01. The number of carbonyl (C=O) groups excluding carboxylic acids is 2. The smallest absolute Gasteiger partial charge is 0.232 e. The highest BCUT2D eigenvalue weighted by Gasteiger charge is 2.30. The van der Waals surface area contributed by atoms with Gasteiger partial charge in [0.25, 0.3) is 0 Å². The molecule has 6 nitrogen and oxygen atoms in total. The van der Waals surface area contributed by atoms with Crippen molar-refractivity contribution >= 4 is 28.9 Å². The molecule has 2 aliphatic heterocycles. The summed E-state index contributed by atoms with van der Waals surface area (Å²) in [6, 6.07) is 13.5. The van der Waals surface area contributed by atoms with Crippen molar-refractivity contribution in [1.29, 1.82) is 0 Å². The van der Waals surface area contributed by atoms with Crippen LogP contribution in [-0.2, 0) is 9.59 Å². The maximum atomic E-state index is 12.9. The van der Waals surface area contributed by atoms with E-state index in [0.717, 1.165) is 48.7 Å². The monoisotopic (exact) mass is 378 g/mol. The van der Waals surface area contributed by atoms with E-state index < -0.39 is 5.92 Å². The number of carbonyl (C=O) groups is 2. The van der Waals surface area contributed by atoms with Crippen molar-refractivity contribution in [3.63, 3.8) is 0 Å². The van der Waals surface area contributed by atoms with Crippen molar-refractivity contribution in [3.8, 4) is 0 Å². The molecule has 0 aromatic heterocycles. The first-order valence-corrected chi connectivity index (χ1v) is 9.75. The van der Waals surface area contributed by atoms with Crippen LogP contribution in [0.25, 0.3) is 0 Å². The normalized spacial score (nSPS) is 19.7. The summed E-state index contributed by atoms with van der Waals surface area (Å²) in [7, 11) is 2.15. The van der Waals surface area contributed by atoms with Crippen LogP contribution >= 0.6 is 0 Å². The molecule has 1 saturated heterocycles. The second-order valence-electron chi connectivity index (χ2n) is 7.67. The number of hydrogen-bond acceptors (Lipinski definition) is 4. The van der Waals surface area contributed by atoms with E-state index >= 15 is 0 Å². The maximum absolute atomic E-state index is 12.9. The van der Waals surface area contributed by atoms with E-state index in [0.29, 0.717) is 0 Å². The van der Waals surface area contributed by atoms with Crippen LogP contribution in [0.4, 0.5) is 17.1 Å². The van der Waals surface area contributed by atoms with Gasteiger partial charge in [0.05, 0.1) is 5.92 Å². The Bertz CT molecular complexity index is 903. The zero-order chi connectivity index (χ0) is 19.7. The molecule has 146 valence electrons. The Balaban J connectivity index is 1.49. The molecule has 0 radical (unpaired) electrons. The summed E-state index contributed by atoms with van der Waals surface area (Å²) in [6.07, 6.45) is 0.168. The van der Waals surface area contributed by atoms with Crippen molar-refractivity contribution in [2.45, 2.75) is 19.3 Å². The average molecular weight is 378 g/mol. The number of para-hydroxylation sites is 1. The van der Waals surface area contributed by atoms with Gasteiger partial charge in [-0.25, -0.2) is 0 Å². The van der Waals surface area contributed by atoms with Gasteiger partial charge in [0.1, 0.15) is 0 Å². The lowest BCUT2D eigenvalue weighted by molar-refractivity contribution is -0.123. The first-order chi connectivity index (χ1) is 13.5. The van der Waals surface area contributed by atoms with Crippen molar-refractivity contribution in [3.05, 3.63) is 53.6 Å². The Hall–Kier alpha value is -2.86. The summed E-state index contributed by atoms with van der Waals surface area (Å²) in [6.45, 7) is 6.21. The molecule has 2 aromatic rings. The van der Waals surface area contributed by atoms with Gasteiger partial charge in [0.2, 0.25) is 11.8 Å². The minimum absolute atomic E-state index is 0.125. The molecular formula is C22H26N4O2. The van der Waals surface area contributed by atoms with Crippen LogP contribution in [0.15, 0.2) is 42.5 Å². The molecule has 0 spiro atoms. The van der Waals surface area contributed by atoms with Crippen LogP contribution in [0.1, 0.15) is 23.5 Å². The number of benzene rings is 2. The molecule has 1 unspecified atom stereocenters. The third kappa shape index (κ3) is 3.73. The largest absolute Gasteiger partial charge is 0.369 e. The van der Waals surface area contributed by atoms with Gasteiger partial charge in [-0.15, -0.1) is 0 Å². The number of anilines is 3. The van der Waals surface area contributed by atoms with Gasteiger partial charge in [0, 0.05) is 49.7 Å². The molecule has 2 heterocycles. The van der Waals surface area contributed by atoms with Crippen molar-refractivity contribution in [2.75, 3.05) is 48.8 Å². The zero-order valence-electron chi connectivity index (χ0n) is 16.4. The van der Waals surface area contributed by atoms with Gasteiger partial charge in [-0.2, -0.15) is 0 Å². The molecule has 2 N–H and O–H groups in total. The van der Waals surface area contributed by atoms with Gasteiger partial charge in [-0.05, 0) is 49.4 Å². The topological polar surface area (TPSA) is 64.7 Å². The Morgan fingerprint density at radius 3 is 2.61 bits per heavy atom. The molecule has 0 saturated carbocycles. The maximum Gasteiger partial charge on any atom is 0.232 e. The molecule has 2 amide bonds. The number of piperazine rings is 1. The third-order valence-corrected chi connectivity index (χ3v) is 5.62. The fourth-order valence-corrected chi connectivity index (χ4v) is 4.01. The van der Waals surface area contributed by atoms with Crippen molar-refractivity contribution in [1.82, 2.24) is 4.90 Å². The van der Waals surface area contributed by atoms with Crippen LogP contribution in [0.3, 0.4) is 0 Å². The lowest BCUT2D eigenvalue weighted by Gasteiger charge is -2.35. The lowest BCUT2D eigenvalue weighted by atomic mass is 9.89. The number of aryl methyl sites for hydroxylation is 1. The predicted octanol–water partition coefficient (Wildman–Crippen LogP) is 2.81. The quantitative estimate of drug-likeness (QED) is 0.862. The van der Waals surface area contributed by atoms with E-state index in [9.17, 15) is 9.59 Å². The molecule has 6 heteroatoms. The number of nitrogens with zero attached hydrogens (tertiary/aromatic N) is 2. The number of likely N-dealkylation sites (N-methyl/N-ethyl adjacent to an activating group) is 1. The second-order valence-corrected chi connectivity index (χ2v) is 7.67. The molecule has 28 heavy (non-hydrogen) atoms. The minimum Gasteiger partial charge on any atom is -0.369 e. The first-order valence-electron chi connectivity index (χ1n) is 9.75. The number of nitrogens with one attached hydrogen (secondary N) is 2. The Kier molecular flexibility index (Phi) is 5.05. The molecule has 1 fully saturated rings. The molecule has 1 atom stereocenters.